The Hall–Kier alpha value is -0.820. The van der Waals surface area contributed by atoms with Crippen LogP contribution in [0.5, 0.6) is 0 Å². The van der Waals surface area contributed by atoms with Gasteiger partial charge in [-0.1, -0.05) is 147 Å². The maximum atomic E-state index is 2.53. The van der Waals surface area contributed by atoms with Crippen LogP contribution in [0.3, 0.4) is 0 Å². The minimum atomic E-state index is 0.214. The zero-order valence-electron chi connectivity index (χ0n) is 21.1. The van der Waals surface area contributed by atoms with Crippen molar-refractivity contribution in [1.82, 2.24) is 4.90 Å². The van der Waals surface area contributed by atoms with Crippen molar-refractivity contribution in [2.45, 2.75) is 135 Å². The van der Waals surface area contributed by atoms with E-state index in [1.165, 1.54) is 121 Å². The van der Waals surface area contributed by atoms with Crippen molar-refractivity contribution in [3.05, 3.63) is 35.9 Å². The molecule has 0 unspecified atom stereocenters. The fourth-order valence-electron chi connectivity index (χ4n) is 4.97. The highest BCUT2D eigenvalue weighted by molar-refractivity contribution is 5.24. The Kier molecular flexibility index (Phi) is 16.2. The Bertz CT molecular complexity index is 458. The van der Waals surface area contributed by atoms with Crippen molar-refractivity contribution in [2.75, 3.05) is 14.1 Å². The van der Waals surface area contributed by atoms with Crippen molar-refractivity contribution in [1.29, 1.82) is 0 Å². The third kappa shape index (κ3) is 11.0. The molecule has 0 heterocycles. The molecule has 0 radical (unpaired) electrons. The van der Waals surface area contributed by atoms with Gasteiger partial charge in [-0.2, -0.15) is 0 Å². The van der Waals surface area contributed by atoms with Gasteiger partial charge in [-0.25, -0.2) is 0 Å². The van der Waals surface area contributed by atoms with Crippen molar-refractivity contribution < 1.29 is 0 Å². The second-order valence-electron chi connectivity index (χ2n) is 9.74. The summed E-state index contributed by atoms with van der Waals surface area (Å²) in [6.45, 7) is 4.60. The summed E-state index contributed by atoms with van der Waals surface area (Å²) >= 11 is 0. The summed E-state index contributed by atoms with van der Waals surface area (Å²) in [7, 11) is 4.62. The van der Waals surface area contributed by atoms with Gasteiger partial charge in [0.1, 0.15) is 0 Å². The van der Waals surface area contributed by atoms with E-state index in [1.807, 2.05) is 0 Å². The second kappa shape index (κ2) is 17.8. The molecular weight excluding hydrogens is 362 g/mol. The summed E-state index contributed by atoms with van der Waals surface area (Å²) < 4.78 is 0. The van der Waals surface area contributed by atoms with Gasteiger partial charge < -0.3 is 0 Å². The Morgan fingerprint density at radius 2 is 0.900 bits per heavy atom. The molecule has 0 N–H and O–H groups in total. The molecule has 0 atom stereocenters. The summed E-state index contributed by atoms with van der Waals surface area (Å²) in [5, 5.41) is 0. The number of hydrogen-bond donors (Lipinski definition) is 0. The summed E-state index contributed by atoms with van der Waals surface area (Å²) in [4.78, 5) is 2.53. The molecule has 0 aliphatic carbocycles. The van der Waals surface area contributed by atoms with Crippen LogP contribution in [0.2, 0.25) is 0 Å². The molecule has 0 aliphatic heterocycles. The van der Waals surface area contributed by atoms with Gasteiger partial charge in [0.05, 0.1) is 0 Å². The van der Waals surface area contributed by atoms with Crippen molar-refractivity contribution >= 4 is 0 Å². The summed E-state index contributed by atoms with van der Waals surface area (Å²) in [6, 6.07) is 11.4. The molecule has 0 aromatic heterocycles. The maximum absolute atomic E-state index is 2.53. The number of unbranched alkanes of at least 4 members (excludes halogenated alkanes) is 14. The van der Waals surface area contributed by atoms with E-state index in [0.717, 1.165) is 0 Å². The molecule has 1 nitrogen and oxygen atoms in total. The average molecular weight is 416 g/mol. The van der Waals surface area contributed by atoms with Gasteiger partial charge in [0.25, 0.3) is 0 Å². The van der Waals surface area contributed by atoms with E-state index in [1.54, 1.807) is 0 Å². The highest BCUT2D eigenvalue weighted by atomic mass is 15.1. The first kappa shape index (κ1) is 27.2. The van der Waals surface area contributed by atoms with Gasteiger partial charge in [-0.05, 0) is 32.5 Å². The second-order valence-corrected chi connectivity index (χ2v) is 9.74. The quantitative estimate of drug-likeness (QED) is 0.192. The normalized spacial score (nSPS) is 12.0. The van der Waals surface area contributed by atoms with E-state index in [2.05, 4.69) is 63.2 Å². The van der Waals surface area contributed by atoms with Gasteiger partial charge >= 0.3 is 0 Å². The van der Waals surface area contributed by atoms with E-state index in [9.17, 15) is 0 Å². The van der Waals surface area contributed by atoms with Crippen molar-refractivity contribution in [2.24, 2.45) is 0 Å². The van der Waals surface area contributed by atoms with Gasteiger partial charge in [0.15, 0.2) is 0 Å². The molecule has 0 bridgehead atoms. The molecule has 0 amide bonds. The smallest absolute Gasteiger partial charge is 0.0454 e. The third-order valence-electron chi connectivity index (χ3n) is 7.06. The maximum Gasteiger partial charge on any atom is 0.0454 e. The monoisotopic (exact) mass is 415 g/mol. The lowest BCUT2D eigenvalue weighted by atomic mass is 9.79. The van der Waals surface area contributed by atoms with Gasteiger partial charge in [-0.15, -0.1) is 0 Å². The fourth-order valence-corrected chi connectivity index (χ4v) is 4.97. The lowest BCUT2D eigenvalue weighted by Crippen LogP contribution is -2.41. The summed E-state index contributed by atoms with van der Waals surface area (Å²) in [5.41, 5.74) is 1.74. The summed E-state index contributed by atoms with van der Waals surface area (Å²) in [6.07, 6.45) is 25.1. The highest BCUT2D eigenvalue weighted by Crippen LogP contribution is 2.37. The van der Waals surface area contributed by atoms with Crippen LogP contribution in [0, 0.1) is 0 Å². The minimum Gasteiger partial charge on any atom is -0.300 e. The molecule has 1 rings (SSSR count). The van der Waals surface area contributed by atoms with Gasteiger partial charge in [0, 0.05) is 5.54 Å². The SMILES string of the molecule is CCCCCCCCCCC(CCCCCCCCCC)(c1ccccc1)N(C)C. The fraction of sp³-hybridized carbons (Fsp3) is 0.793. The Morgan fingerprint density at radius 1 is 0.533 bits per heavy atom. The molecule has 1 aromatic carbocycles. The lowest BCUT2D eigenvalue weighted by Gasteiger charge is -2.41. The van der Waals surface area contributed by atoms with E-state index in [0.29, 0.717) is 0 Å². The number of rotatable bonds is 20. The molecule has 0 saturated heterocycles. The van der Waals surface area contributed by atoms with Crippen LogP contribution in [0.15, 0.2) is 30.3 Å². The predicted octanol–water partition coefficient (Wildman–Crippen LogP) is 9.51. The Morgan fingerprint density at radius 3 is 1.27 bits per heavy atom. The van der Waals surface area contributed by atoms with Gasteiger partial charge in [0.2, 0.25) is 0 Å². The van der Waals surface area contributed by atoms with Crippen molar-refractivity contribution in [3.63, 3.8) is 0 Å². The van der Waals surface area contributed by atoms with Crippen LogP contribution in [-0.2, 0) is 5.54 Å². The van der Waals surface area contributed by atoms with Crippen LogP contribution in [-0.4, -0.2) is 19.0 Å². The zero-order valence-corrected chi connectivity index (χ0v) is 21.1. The first-order valence-corrected chi connectivity index (χ1v) is 13.4. The minimum absolute atomic E-state index is 0.214. The van der Waals surface area contributed by atoms with Crippen LogP contribution in [0.4, 0.5) is 0 Å². The van der Waals surface area contributed by atoms with Crippen molar-refractivity contribution in [3.8, 4) is 0 Å². The third-order valence-corrected chi connectivity index (χ3v) is 7.06. The first-order chi connectivity index (χ1) is 14.7. The van der Waals surface area contributed by atoms with Crippen LogP contribution < -0.4 is 0 Å². The van der Waals surface area contributed by atoms with Crippen LogP contribution >= 0.6 is 0 Å². The largest absolute Gasteiger partial charge is 0.300 e. The highest BCUT2D eigenvalue weighted by Gasteiger charge is 2.33. The van der Waals surface area contributed by atoms with Crippen LogP contribution in [0.1, 0.15) is 135 Å². The van der Waals surface area contributed by atoms with Crippen LogP contribution in [0.25, 0.3) is 0 Å². The molecular formula is C29H53N. The van der Waals surface area contributed by atoms with E-state index in [4.69, 9.17) is 0 Å². The Labute approximate surface area is 190 Å². The first-order valence-electron chi connectivity index (χ1n) is 13.4. The molecule has 0 fully saturated rings. The molecule has 0 saturated carbocycles. The standard InChI is InChI=1S/C29H53N/c1-5-7-9-11-13-15-17-22-26-29(30(3)4,28-24-20-19-21-25-28)27-23-18-16-14-12-10-8-6-2/h19-21,24-25H,5-18,22-23,26-27H2,1-4H3. The van der Waals surface area contributed by atoms with E-state index < -0.39 is 0 Å². The number of benzene rings is 1. The molecule has 30 heavy (non-hydrogen) atoms. The van der Waals surface area contributed by atoms with E-state index >= 15 is 0 Å². The Balaban J connectivity index is 2.51. The average Bonchev–Trinajstić information content (AvgIpc) is 2.76. The molecule has 0 spiro atoms. The molecule has 1 heteroatoms. The number of hydrogen-bond acceptors (Lipinski definition) is 1. The molecule has 174 valence electrons. The number of nitrogens with zero attached hydrogens (tertiary/aromatic N) is 1. The topological polar surface area (TPSA) is 3.24 Å². The molecule has 1 aromatic rings. The molecule has 0 aliphatic rings. The van der Waals surface area contributed by atoms with E-state index in [-0.39, 0.29) is 5.54 Å². The summed E-state index contributed by atoms with van der Waals surface area (Å²) in [5.74, 6) is 0. The predicted molar refractivity (Wildman–Crippen MR) is 136 cm³/mol. The zero-order chi connectivity index (χ0) is 21.9. The van der Waals surface area contributed by atoms with Gasteiger partial charge in [-0.3, -0.25) is 4.90 Å². The lowest BCUT2D eigenvalue weighted by molar-refractivity contribution is 0.117.